The number of methoxy groups -OCH3 is 1. The van der Waals surface area contributed by atoms with Crippen LogP contribution in [0, 0.1) is 13.8 Å². The predicted octanol–water partition coefficient (Wildman–Crippen LogP) is 3.92. The van der Waals surface area contributed by atoms with Gasteiger partial charge in [-0.05, 0) is 48.7 Å². The van der Waals surface area contributed by atoms with E-state index in [2.05, 4.69) is 49.5 Å². The molecule has 2 rings (SSSR count). The molecule has 0 radical (unpaired) electrons. The second kappa shape index (κ2) is 5.58. The topological polar surface area (TPSA) is 21.3 Å². The number of ether oxygens (including phenoxy) is 1. The highest BCUT2D eigenvalue weighted by molar-refractivity contribution is 5.52. The number of hydrogen-bond acceptors (Lipinski definition) is 2. The molecule has 0 aliphatic heterocycles. The highest BCUT2D eigenvalue weighted by Gasteiger charge is 1.99. The molecule has 0 unspecified atom stereocenters. The Morgan fingerprint density at radius 1 is 1.00 bits per heavy atom. The van der Waals surface area contributed by atoms with Crippen LogP contribution in [0.1, 0.15) is 16.7 Å². The molecule has 2 aromatic rings. The summed E-state index contributed by atoms with van der Waals surface area (Å²) in [7, 11) is 1.68. The van der Waals surface area contributed by atoms with E-state index in [-0.39, 0.29) is 0 Å². The van der Waals surface area contributed by atoms with Crippen LogP contribution < -0.4 is 10.1 Å². The minimum Gasteiger partial charge on any atom is -0.497 e. The second-order valence-corrected chi connectivity index (χ2v) is 4.52. The number of nitrogens with one attached hydrogen (secondary N) is 1. The predicted molar refractivity (Wildman–Crippen MR) is 76.2 cm³/mol. The zero-order valence-corrected chi connectivity index (χ0v) is 11.2. The minimum atomic E-state index is 0.828. The van der Waals surface area contributed by atoms with Gasteiger partial charge in [0.1, 0.15) is 5.75 Å². The summed E-state index contributed by atoms with van der Waals surface area (Å²) in [4.78, 5) is 0. The Balaban J connectivity index is 2.04. The normalized spacial score (nSPS) is 10.2. The number of rotatable bonds is 4. The molecule has 0 bridgehead atoms. The smallest absolute Gasteiger partial charge is 0.118 e. The fourth-order valence-corrected chi connectivity index (χ4v) is 1.87. The summed E-state index contributed by atoms with van der Waals surface area (Å²) in [5.74, 6) is 0.894. The fraction of sp³-hybridized carbons (Fsp3) is 0.250. The zero-order chi connectivity index (χ0) is 13.0. The van der Waals surface area contributed by atoms with E-state index in [0.29, 0.717) is 0 Å². The zero-order valence-electron chi connectivity index (χ0n) is 11.2. The quantitative estimate of drug-likeness (QED) is 0.875. The maximum Gasteiger partial charge on any atom is 0.118 e. The van der Waals surface area contributed by atoms with Gasteiger partial charge in [-0.15, -0.1) is 0 Å². The lowest BCUT2D eigenvalue weighted by Crippen LogP contribution is -2.01. The second-order valence-electron chi connectivity index (χ2n) is 4.52. The molecule has 94 valence electrons. The third-order valence-corrected chi connectivity index (χ3v) is 3.04. The van der Waals surface area contributed by atoms with Crippen molar-refractivity contribution in [3.63, 3.8) is 0 Å². The number of benzene rings is 2. The molecule has 0 aliphatic carbocycles. The molecule has 1 N–H and O–H groups in total. The fourth-order valence-electron chi connectivity index (χ4n) is 1.87. The van der Waals surface area contributed by atoms with Gasteiger partial charge in [0.05, 0.1) is 7.11 Å². The van der Waals surface area contributed by atoms with Gasteiger partial charge in [-0.25, -0.2) is 0 Å². The minimum absolute atomic E-state index is 0.828. The number of aryl methyl sites for hydroxylation is 2. The molecule has 0 aromatic heterocycles. The largest absolute Gasteiger partial charge is 0.497 e. The first-order valence-electron chi connectivity index (χ1n) is 6.13. The van der Waals surface area contributed by atoms with Crippen LogP contribution in [0.4, 0.5) is 5.69 Å². The Morgan fingerprint density at radius 3 is 2.39 bits per heavy atom. The van der Waals surface area contributed by atoms with Gasteiger partial charge in [-0.1, -0.05) is 24.3 Å². The van der Waals surface area contributed by atoms with E-state index in [9.17, 15) is 0 Å². The highest BCUT2D eigenvalue weighted by atomic mass is 16.5. The number of hydrogen-bond donors (Lipinski definition) is 1. The Kier molecular flexibility index (Phi) is 3.88. The molecule has 2 heteroatoms. The van der Waals surface area contributed by atoms with E-state index in [1.54, 1.807) is 7.11 Å². The first-order valence-corrected chi connectivity index (χ1v) is 6.13. The molecule has 0 atom stereocenters. The Morgan fingerprint density at radius 2 is 1.72 bits per heavy atom. The van der Waals surface area contributed by atoms with Crippen molar-refractivity contribution >= 4 is 5.69 Å². The third kappa shape index (κ3) is 3.04. The van der Waals surface area contributed by atoms with Gasteiger partial charge in [0.15, 0.2) is 0 Å². The SMILES string of the molecule is COc1ccc(CNc2cc(C)ccc2C)cc1. The van der Waals surface area contributed by atoms with Gasteiger partial charge in [-0.3, -0.25) is 0 Å². The standard InChI is InChI=1S/C16H19NO/c1-12-4-5-13(2)16(10-12)17-11-14-6-8-15(18-3)9-7-14/h4-10,17H,11H2,1-3H3. The van der Waals surface area contributed by atoms with Gasteiger partial charge >= 0.3 is 0 Å². The maximum atomic E-state index is 5.15. The average molecular weight is 241 g/mol. The molecule has 0 amide bonds. The van der Waals surface area contributed by atoms with Gasteiger partial charge in [-0.2, -0.15) is 0 Å². The summed E-state index contributed by atoms with van der Waals surface area (Å²) in [6, 6.07) is 14.6. The molecule has 0 aliphatic rings. The summed E-state index contributed by atoms with van der Waals surface area (Å²) in [6.07, 6.45) is 0. The third-order valence-electron chi connectivity index (χ3n) is 3.04. The van der Waals surface area contributed by atoms with Crippen LogP contribution in [-0.2, 0) is 6.54 Å². The monoisotopic (exact) mass is 241 g/mol. The highest BCUT2D eigenvalue weighted by Crippen LogP contribution is 2.18. The van der Waals surface area contributed by atoms with Gasteiger partial charge < -0.3 is 10.1 Å². The molecule has 0 spiro atoms. The molecule has 0 saturated carbocycles. The Hall–Kier alpha value is -1.96. The summed E-state index contributed by atoms with van der Waals surface area (Å²) >= 11 is 0. The van der Waals surface area contributed by atoms with Crippen molar-refractivity contribution in [2.45, 2.75) is 20.4 Å². The molecule has 2 aromatic carbocycles. The van der Waals surface area contributed by atoms with Crippen LogP contribution in [0.5, 0.6) is 5.75 Å². The first kappa shape index (κ1) is 12.5. The lowest BCUT2D eigenvalue weighted by molar-refractivity contribution is 0.414. The molecular formula is C16H19NO. The maximum absolute atomic E-state index is 5.15. The molecule has 18 heavy (non-hydrogen) atoms. The van der Waals surface area contributed by atoms with Crippen molar-refractivity contribution in [3.8, 4) is 5.75 Å². The van der Waals surface area contributed by atoms with Crippen molar-refractivity contribution in [2.75, 3.05) is 12.4 Å². The van der Waals surface area contributed by atoms with E-state index in [0.717, 1.165) is 12.3 Å². The van der Waals surface area contributed by atoms with Crippen LogP contribution in [0.2, 0.25) is 0 Å². The van der Waals surface area contributed by atoms with Crippen molar-refractivity contribution < 1.29 is 4.74 Å². The lowest BCUT2D eigenvalue weighted by Gasteiger charge is -2.11. The summed E-state index contributed by atoms with van der Waals surface area (Å²) < 4.78 is 5.15. The van der Waals surface area contributed by atoms with E-state index < -0.39 is 0 Å². The van der Waals surface area contributed by atoms with Crippen molar-refractivity contribution in [1.82, 2.24) is 0 Å². The van der Waals surface area contributed by atoms with Crippen LogP contribution >= 0.6 is 0 Å². The molecule has 0 saturated heterocycles. The van der Waals surface area contributed by atoms with E-state index >= 15 is 0 Å². The van der Waals surface area contributed by atoms with Crippen molar-refractivity contribution in [3.05, 3.63) is 59.2 Å². The molecule has 0 heterocycles. The van der Waals surface area contributed by atoms with E-state index in [1.807, 2.05) is 12.1 Å². The van der Waals surface area contributed by atoms with Crippen LogP contribution in [0.15, 0.2) is 42.5 Å². The number of anilines is 1. The van der Waals surface area contributed by atoms with Gasteiger partial charge in [0.25, 0.3) is 0 Å². The van der Waals surface area contributed by atoms with Crippen LogP contribution in [0.3, 0.4) is 0 Å². The summed E-state index contributed by atoms with van der Waals surface area (Å²) in [6.45, 7) is 5.06. The van der Waals surface area contributed by atoms with E-state index in [1.165, 1.54) is 22.4 Å². The Bertz CT molecular complexity index is 517. The molecule has 0 fully saturated rings. The van der Waals surface area contributed by atoms with Gasteiger partial charge in [0.2, 0.25) is 0 Å². The van der Waals surface area contributed by atoms with Gasteiger partial charge in [0, 0.05) is 12.2 Å². The average Bonchev–Trinajstić information content (AvgIpc) is 2.40. The first-order chi connectivity index (χ1) is 8.69. The van der Waals surface area contributed by atoms with Crippen LogP contribution in [0.25, 0.3) is 0 Å². The lowest BCUT2D eigenvalue weighted by atomic mass is 10.1. The van der Waals surface area contributed by atoms with E-state index in [4.69, 9.17) is 4.74 Å². The summed E-state index contributed by atoms with van der Waals surface area (Å²) in [5, 5.41) is 3.47. The van der Waals surface area contributed by atoms with Crippen LogP contribution in [-0.4, -0.2) is 7.11 Å². The Labute approximate surface area is 109 Å². The van der Waals surface area contributed by atoms with Crippen molar-refractivity contribution in [1.29, 1.82) is 0 Å². The molecule has 2 nitrogen and oxygen atoms in total. The van der Waals surface area contributed by atoms with Crippen molar-refractivity contribution in [2.24, 2.45) is 0 Å². The summed E-state index contributed by atoms with van der Waals surface area (Å²) in [5.41, 5.74) is 4.99. The molecular weight excluding hydrogens is 222 g/mol.